The molecule has 98 valence electrons. The van der Waals surface area contributed by atoms with E-state index < -0.39 is 7.82 Å². The van der Waals surface area contributed by atoms with Gasteiger partial charge in [0.1, 0.15) is 0 Å². The van der Waals surface area contributed by atoms with Crippen molar-refractivity contribution in [3.05, 3.63) is 29.8 Å². The molecule has 0 atom stereocenters. The molecule has 3 N–H and O–H groups in total. The molecular weight excluding hydrogens is 262 g/mol. The van der Waals surface area contributed by atoms with Crippen molar-refractivity contribution in [1.82, 2.24) is 0 Å². The Balaban J connectivity index is 0.000000494. The fourth-order valence-corrected chi connectivity index (χ4v) is 1.84. The molecule has 1 rings (SSSR count). The predicted molar refractivity (Wildman–Crippen MR) is 73.9 cm³/mol. The molecule has 0 heterocycles. The summed E-state index contributed by atoms with van der Waals surface area (Å²) in [5, 5.41) is 0. The molecule has 0 aliphatic rings. The third-order valence-electron chi connectivity index (χ3n) is 2.44. The largest absolute Gasteiger partial charge is 0.466 e. The second-order valence-electron chi connectivity index (χ2n) is 4.31. The second kappa shape index (κ2) is 10.2. The van der Waals surface area contributed by atoms with Crippen molar-refractivity contribution in [2.45, 2.75) is 39.0 Å². The van der Waals surface area contributed by atoms with Gasteiger partial charge in [-0.05, 0) is 0 Å². The average molecular weight is 282 g/mol. The molecule has 6 heteroatoms. The first-order chi connectivity index (χ1) is 8.33. The van der Waals surface area contributed by atoms with Gasteiger partial charge in [0.25, 0.3) is 0 Å². The Morgan fingerprint density at radius 3 is 2.00 bits per heavy atom. The van der Waals surface area contributed by atoms with Crippen molar-refractivity contribution in [2.75, 3.05) is 0 Å². The zero-order valence-corrected chi connectivity index (χ0v) is 13.9. The molecule has 1 aromatic carbocycles. The van der Waals surface area contributed by atoms with Gasteiger partial charge in [-0.3, -0.25) is 0 Å². The van der Waals surface area contributed by atoms with E-state index in [0.717, 1.165) is 0 Å². The third kappa shape index (κ3) is 14.4. The summed E-state index contributed by atoms with van der Waals surface area (Å²) < 4.78 is 10.4. The van der Waals surface area contributed by atoms with Crippen LogP contribution in [0, 0.1) is 0 Å². The van der Waals surface area contributed by atoms with Gasteiger partial charge in [-0.15, -0.1) is 0 Å². The molecule has 0 saturated heterocycles. The van der Waals surface area contributed by atoms with Crippen molar-refractivity contribution < 1.29 is 19.2 Å². The van der Waals surface area contributed by atoms with E-state index in [0.29, 0.717) is 0 Å². The number of aryl methyl sites for hydroxylation is 1. The summed E-state index contributed by atoms with van der Waals surface area (Å²) >= 11 is 1.18. The van der Waals surface area contributed by atoms with E-state index in [1.165, 1.54) is 68.4 Å². The van der Waals surface area contributed by atoms with E-state index in [1.54, 1.807) is 0 Å². The number of rotatable bonds is 5. The monoisotopic (exact) mass is 282 g/mol. The molecule has 0 amide bonds. The van der Waals surface area contributed by atoms with Gasteiger partial charge in [0.05, 0.1) is 0 Å². The maximum atomic E-state index is 8.88. The van der Waals surface area contributed by atoms with Crippen LogP contribution < -0.4 is 2.81 Å². The van der Waals surface area contributed by atoms with Gasteiger partial charge in [-0.1, -0.05) is 0 Å². The molecule has 0 aliphatic heterocycles. The van der Waals surface area contributed by atoms with Crippen LogP contribution in [0.25, 0.3) is 0 Å². The number of benzene rings is 1. The fraction of sp³-hybridized carbons (Fsp3) is 0.500. The molecule has 0 radical (unpaired) electrons. The van der Waals surface area contributed by atoms with Crippen molar-refractivity contribution in [2.24, 2.45) is 0 Å². The van der Waals surface area contributed by atoms with Crippen molar-refractivity contribution >= 4 is 38.6 Å². The smallest absolute Gasteiger partial charge is 0.303 e. The molecule has 0 spiro atoms. The Morgan fingerprint density at radius 1 is 1.06 bits per heavy atom. The predicted octanol–water partition coefficient (Wildman–Crippen LogP) is 1.67. The van der Waals surface area contributed by atoms with E-state index in [4.69, 9.17) is 19.2 Å². The average Bonchev–Trinajstić information content (AvgIpc) is 2.25. The van der Waals surface area contributed by atoms with Crippen LogP contribution in [-0.2, 0) is 11.0 Å². The molecule has 1 aromatic rings. The molecule has 0 aliphatic carbocycles. The van der Waals surface area contributed by atoms with Crippen molar-refractivity contribution in [3.63, 3.8) is 0 Å². The first kappa shape index (κ1) is 18.3. The summed E-state index contributed by atoms with van der Waals surface area (Å²) in [6.07, 6.45) is 6.73. The summed E-state index contributed by atoms with van der Waals surface area (Å²) in [6.45, 7) is 2.26. The minimum atomic E-state index is -4.64. The van der Waals surface area contributed by atoms with Crippen LogP contribution in [0.4, 0.5) is 0 Å². The number of hydrogen-bond donors (Lipinski definition) is 3. The molecule has 0 unspecified atom stereocenters. The second-order valence-corrected chi connectivity index (χ2v) is 6.49. The number of unbranched alkanes of at least 4 members (excludes halogenated alkanes) is 3. The molecule has 0 bridgehead atoms. The van der Waals surface area contributed by atoms with Gasteiger partial charge >= 0.3 is 107 Å². The standard InChI is InChI=1S/C12H17.Na.H3O4P/c1-2-3-4-6-9-12-10-7-5-8-11-12;;1-5(2,3)4/h7-8,10-11H,2-4,6,9H2,1H3;;(H3,1,2,3,4). The number of hydrogen-bond acceptors (Lipinski definition) is 1. The van der Waals surface area contributed by atoms with Crippen LogP contribution >= 0.6 is 7.82 Å². The first-order valence-corrected chi connectivity index (χ1v) is 8.73. The Morgan fingerprint density at radius 2 is 1.56 bits per heavy atom. The molecule has 0 aromatic heterocycles. The summed E-state index contributed by atoms with van der Waals surface area (Å²) in [5.41, 5.74) is 1.51. The van der Waals surface area contributed by atoms with E-state index in [2.05, 4.69) is 31.2 Å². The molecule has 0 fully saturated rings. The van der Waals surface area contributed by atoms with Crippen LogP contribution in [-0.4, -0.2) is 42.6 Å². The van der Waals surface area contributed by atoms with Crippen LogP contribution in [0.3, 0.4) is 0 Å². The van der Waals surface area contributed by atoms with Gasteiger partial charge in [-0.2, -0.15) is 0 Å². The maximum Gasteiger partial charge on any atom is 0.466 e. The van der Waals surface area contributed by atoms with E-state index in [-0.39, 0.29) is 0 Å². The zero-order valence-electron chi connectivity index (χ0n) is 11.0. The summed E-state index contributed by atoms with van der Waals surface area (Å²) in [4.78, 5) is 21.6. The van der Waals surface area contributed by atoms with Crippen LogP contribution in [0.15, 0.2) is 24.3 Å². The Bertz CT molecular complexity index is 353. The first-order valence-electron chi connectivity index (χ1n) is 6.16. The minimum Gasteiger partial charge on any atom is -0.303 e. The summed E-state index contributed by atoms with van der Waals surface area (Å²) in [5.74, 6) is 0. The van der Waals surface area contributed by atoms with Gasteiger partial charge in [0, 0.05) is 0 Å². The van der Waals surface area contributed by atoms with Gasteiger partial charge in [0.2, 0.25) is 0 Å². The summed E-state index contributed by atoms with van der Waals surface area (Å²) in [6, 6.07) is 9.10. The number of phosphoric acid groups is 1. The van der Waals surface area contributed by atoms with E-state index >= 15 is 0 Å². The van der Waals surface area contributed by atoms with E-state index in [1.807, 2.05) is 0 Å². The maximum absolute atomic E-state index is 8.88. The van der Waals surface area contributed by atoms with Gasteiger partial charge in [-0.25, -0.2) is 4.57 Å². The van der Waals surface area contributed by atoms with Crippen molar-refractivity contribution in [3.8, 4) is 0 Å². The van der Waals surface area contributed by atoms with Crippen LogP contribution in [0.1, 0.15) is 38.2 Å². The molecule has 0 saturated carbocycles. The summed E-state index contributed by atoms with van der Waals surface area (Å²) in [7, 11) is -4.64. The Kier molecular flexibility index (Phi) is 10.3. The Hall–Kier alpha value is 0.330. The normalized spacial score (nSPS) is 10.8. The van der Waals surface area contributed by atoms with Crippen LogP contribution in [0.2, 0.25) is 0 Å². The minimum absolute atomic E-state index is 1.18. The molecule has 4 nitrogen and oxygen atoms in total. The van der Waals surface area contributed by atoms with E-state index in [9.17, 15) is 0 Å². The topological polar surface area (TPSA) is 77.8 Å². The van der Waals surface area contributed by atoms with Crippen molar-refractivity contribution in [1.29, 1.82) is 0 Å². The van der Waals surface area contributed by atoms with Gasteiger partial charge < -0.3 is 14.7 Å². The quantitative estimate of drug-likeness (QED) is 0.436. The zero-order chi connectivity index (χ0) is 14.0. The van der Waals surface area contributed by atoms with Crippen LogP contribution in [0.5, 0.6) is 0 Å². The SMILES string of the molecule is CCCCCCc1cc[c]([Na])cc1.O=P(O)(O)O. The molecule has 18 heavy (non-hydrogen) atoms. The Labute approximate surface area is 126 Å². The third-order valence-corrected chi connectivity index (χ3v) is 3.11. The van der Waals surface area contributed by atoms with Gasteiger partial charge in [0.15, 0.2) is 0 Å². The molecular formula is C12H20NaO4P. The fourth-order valence-electron chi connectivity index (χ4n) is 1.51.